The van der Waals surface area contributed by atoms with Crippen molar-refractivity contribution < 1.29 is 57.1 Å². The maximum Gasteiger partial charge on any atom is 0.407 e. The van der Waals surface area contributed by atoms with Gasteiger partial charge in [0.15, 0.2) is 6.29 Å². The van der Waals surface area contributed by atoms with Gasteiger partial charge in [-0.05, 0) is 112 Å². The number of ether oxygens (including phenoxy) is 7. The minimum absolute atomic E-state index is 0.00312. The number of esters is 4. The summed E-state index contributed by atoms with van der Waals surface area (Å²) in [6.07, 6.45) is 32.5. The van der Waals surface area contributed by atoms with Gasteiger partial charge in [-0.3, -0.25) is 19.2 Å². The van der Waals surface area contributed by atoms with Crippen LogP contribution in [0.5, 0.6) is 0 Å². The second-order valence-corrected chi connectivity index (χ2v) is 21.5. The van der Waals surface area contributed by atoms with Crippen molar-refractivity contribution in [3.63, 3.8) is 0 Å². The molecule has 0 bridgehead atoms. The first kappa shape index (κ1) is 69.4. The fourth-order valence-electron chi connectivity index (χ4n) is 9.51. The maximum absolute atomic E-state index is 13.2. The topological polar surface area (TPSA) is 165 Å². The molecule has 1 heterocycles. The molecule has 0 aliphatic carbocycles. The number of nitrogens with one attached hydrogen (secondary N) is 1. The Hall–Kier alpha value is -3.75. The van der Waals surface area contributed by atoms with Crippen LogP contribution in [0, 0.1) is 0 Å². The van der Waals surface area contributed by atoms with E-state index in [-0.39, 0.29) is 57.0 Å². The summed E-state index contributed by atoms with van der Waals surface area (Å²) in [7, 11) is 0. The number of amides is 1. The van der Waals surface area contributed by atoms with Crippen LogP contribution in [0.15, 0.2) is 18.2 Å². The number of rotatable bonds is 52. The molecule has 1 aliphatic heterocycles. The van der Waals surface area contributed by atoms with Gasteiger partial charge in [-0.25, -0.2) is 4.79 Å². The molecule has 1 amide bonds. The molecule has 1 unspecified atom stereocenters. The lowest BCUT2D eigenvalue weighted by Gasteiger charge is -2.19. The van der Waals surface area contributed by atoms with Crippen LogP contribution >= 0.6 is 0 Å². The van der Waals surface area contributed by atoms with E-state index in [1.807, 2.05) is 18.2 Å². The van der Waals surface area contributed by atoms with Crippen LogP contribution in [0.1, 0.15) is 276 Å². The van der Waals surface area contributed by atoms with E-state index in [4.69, 9.17) is 33.2 Å². The van der Waals surface area contributed by atoms with Crippen molar-refractivity contribution in [2.45, 2.75) is 291 Å². The molecule has 14 heteroatoms. The standard InChI is InChI=1S/C63H110N2O12/c1-5-9-13-17-20-25-31-45-71-58(66)35-27-21-22-28-36-59(67)74-51-54-48-55(52-75-60(68)38-37-57(34-26-16-12-8-4)77-63(70)64-41-44-65-42-29-30-43-65)50-56(49-54)53-76-61(69)39-40-62(72-46-32-23-18-14-10-6-2)73-47-33-24-19-15-11-7-3/h48-50,57,62H,5-47,51-53H2,1-4H3,(H,64,70). The Balaban J connectivity index is 1.99. The highest BCUT2D eigenvalue weighted by Gasteiger charge is 2.19. The van der Waals surface area contributed by atoms with Gasteiger partial charge >= 0.3 is 30.0 Å². The summed E-state index contributed by atoms with van der Waals surface area (Å²) in [5.74, 6) is -1.28. The molecule has 444 valence electrons. The van der Waals surface area contributed by atoms with Crippen LogP contribution in [0.3, 0.4) is 0 Å². The summed E-state index contributed by atoms with van der Waals surface area (Å²) in [6, 6.07) is 5.50. The molecule has 1 aliphatic rings. The molecule has 2 rings (SSSR count). The third-order valence-electron chi connectivity index (χ3n) is 14.2. The van der Waals surface area contributed by atoms with Crippen molar-refractivity contribution in [1.29, 1.82) is 0 Å². The fraction of sp³-hybridized carbons (Fsp3) is 0.825. The molecule has 1 aromatic carbocycles. The summed E-state index contributed by atoms with van der Waals surface area (Å²) in [4.78, 5) is 66.7. The summed E-state index contributed by atoms with van der Waals surface area (Å²) >= 11 is 0. The SMILES string of the molecule is CCCCCCCCCOC(=O)CCCCCCC(=O)OCc1cc(COC(=O)CCC(CCCCCC)OC(=O)NCCN2CCCC2)cc(COC(=O)CCC(OCCCCCCCC)OCCCCCCCC)c1. The van der Waals surface area contributed by atoms with Gasteiger partial charge in [-0.2, -0.15) is 0 Å². The largest absolute Gasteiger partial charge is 0.466 e. The van der Waals surface area contributed by atoms with Crippen LogP contribution in [-0.4, -0.2) is 93.3 Å². The zero-order valence-electron chi connectivity index (χ0n) is 49.3. The van der Waals surface area contributed by atoms with E-state index in [0.717, 1.165) is 103 Å². The molecular weight excluding hydrogens is 977 g/mol. The van der Waals surface area contributed by atoms with Gasteiger partial charge in [-0.15, -0.1) is 0 Å². The highest BCUT2D eigenvalue weighted by Crippen LogP contribution is 2.20. The number of unbranched alkanes of at least 4 members (excludes halogenated alkanes) is 22. The van der Waals surface area contributed by atoms with Gasteiger partial charge in [0.25, 0.3) is 0 Å². The van der Waals surface area contributed by atoms with Crippen molar-refractivity contribution in [2.24, 2.45) is 0 Å². The summed E-state index contributed by atoms with van der Waals surface area (Å²) in [5.41, 5.74) is 2.01. The first-order chi connectivity index (χ1) is 37.6. The van der Waals surface area contributed by atoms with Crippen LogP contribution in [-0.2, 0) is 72.2 Å². The second-order valence-electron chi connectivity index (χ2n) is 21.5. The second kappa shape index (κ2) is 49.3. The third kappa shape index (κ3) is 41.0. The van der Waals surface area contributed by atoms with Crippen molar-refractivity contribution in [2.75, 3.05) is 46.0 Å². The summed E-state index contributed by atoms with van der Waals surface area (Å²) in [6.45, 7) is 13.8. The van der Waals surface area contributed by atoms with Crippen molar-refractivity contribution in [3.05, 3.63) is 34.9 Å². The molecular formula is C63H110N2O12. The van der Waals surface area contributed by atoms with E-state index in [0.29, 0.717) is 75.2 Å². The molecule has 0 aromatic heterocycles. The number of hydrogen-bond donors (Lipinski definition) is 1. The quantitative estimate of drug-likeness (QED) is 0.0284. The van der Waals surface area contributed by atoms with Crippen molar-refractivity contribution in [1.82, 2.24) is 10.2 Å². The number of alkyl carbamates (subject to hydrolysis) is 1. The first-order valence-electron chi connectivity index (χ1n) is 31.3. The van der Waals surface area contributed by atoms with Gasteiger partial charge in [0.1, 0.15) is 25.9 Å². The Bertz CT molecular complexity index is 1620. The first-order valence-corrected chi connectivity index (χ1v) is 31.3. The van der Waals surface area contributed by atoms with Crippen LogP contribution < -0.4 is 5.32 Å². The predicted molar refractivity (Wildman–Crippen MR) is 306 cm³/mol. The average molecular weight is 1090 g/mol. The highest BCUT2D eigenvalue weighted by atomic mass is 16.7. The van der Waals surface area contributed by atoms with Gasteiger partial charge in [-0.1, -0.05) is 163 Å². The van der Waals surface area contributed by atoms with E-state index >= 15 is 0 Å². The number of carbonyl (C=O) groups excluding carboxylic acids is 5. The molecule has 14 nitrogen and oxygen atoms in total. The average Bonchev–Trinajstić information content (AvgIpc) is 3.95. The van der Waals surface area contributed by atoms with E-state index < -0.39 is 24.5 Å². The highest BCUT2D eigenvalue weighted by molar-refractivity contribution is 5.71. The minimum Gasteiger partial charge on any atom is -0.466 e. The summed E-state index contributed by atoms with van der Waals surface area (Å²) in [5, 5.41) is 2.89. The monoisotopic (exact) mass is 1090 g/mol. The molecule has 1 N–H and O–H groups in total. The number of nitrogens with zero attached hydrogens (tertiary/aromatic N) is 1. The van der Waals surface area contributed by atoms with Crippen molar-refractivity contribution >= 4 is 30.0 Å². The zero-order valence-corrected chi connectivity index (χ0v) is 49.3. The van der Waals surface area contributed by atoms with Gasteiger partial charge < -0.3 is 43.4 Å². The predicted octanol–water partition coefficient (Wildman–Crippen LogP) is 15.3. The molecule has 0 spiro atoms. The molecule has 0 radical (unpaired) electrons. The minimum atomic E-state index is -0.481. The normalized spacial score (nSPS) is 12.9. The summed E-state index contributed by atoms with van der Waals surface area (Å²) < 4.78 is 40.8. The van der Waals surface area contributed by atoms with Crippen LogP contribution in [0.2, 0.25) is 0 Å². The molecule has 1 saturated heterocycles. The third-order valence-corrected chi connectivity index (χ3v) is 14.2. The molecule has 1 aromatic rings. The van der Waals surface area contributed by atoms with E-state index in [2.05, 4.69) is 37.9 Å². The Morgan fingerprint density at radius 3 is 1.31 bits per heavy atom. The fourth-order valence-corrected chi connectivity index (χ4v) is 9.51. The van der Waals surface area contributed by atoms with E-state index in [1.54, 1.807) is 0 Å². The molecule has 1 atom stereocenters. The lowest BCUT2D eigenvalue weighted by molar-refractivity contribution is -0.160. The molecule has 1 fully saturated rings. The Labute approximate surface area is 467 Å². The lowest BCUT2D eigenvalue weighted by atomic mass is 10.1. The number of hydrogen-bond acceptors (Lipinski definition) is 13. The van der Waals surface area contributed by atoms with Gasteiger partial charge in [0, 0.05) is 52.0 Å². The van der Waals surface area contributed by atoms with Crippen LogP contribution in [0.25, 0.3) is 0 Å². The zero-order chi connectivity index (χ0) is 55.7. The van der Waals surface area contributed by atoms with E-state index in [9.17, 15) is 24.0 Å². The molecule has 77 heavy (non-hydrogen) atoms. The Morgan fingerprint density at radius 2 is 0.831 bits per heavy atom. The van der Waals surface area contributed by atoms with Gasteiger partial charge in [0.05, 0.1) is 13.0 Å². The smallest absolute Gasteiger partial charge is 0.407 e. The molecule has 0 saturated carbocycles. The number of likely N-dealkylation sites (tertiary alicyclic amines) is 1. The van der Waals surface area contributed by atoms with Crippen molar-refractivity contribution in [3.8, 4) is 0 Å². The lowest BCUT2D eigenvalue weighted by Crippen LogP contribution is -2.35. The van der Waals surface area contributed by atoms with Gasteiger partial charge in [0.2, 0.25) is 0 Å². The number of benzene rings is 1. The Morgan fingerprint density at radius 1 is 0.442 bits per heavy atom. The Kier molecular flexibility index (Phi) is 44.4. The number of carbonyl (C=O) groups is 5. The maximum atomic E-state index is 13.2. The van der Waals surface area contributed by atoms with Crippen LogP contribution in [0.4, 0.5) is 4.79 Å². The van der Waals surface area contributed by atoms with E-state index in [1.165, 1.54) is 96.3 Å².